The second-order valence-corrected chi connectivity index (χ2v) is 7.25. The summed E-state index contributed by atoms with van der Waals surface area (Å²) in [5, 5.41) is 8.73. The second kappa shape index (κ2) is 5.39. The highest BCUT2D eigenvalue weighted by molar-refractivity contribution is 7.89. The molecule has 1 aromatic heterocycles. The normalized spacial score (nSPS) is 11.0. The molecule has 0 unspecified atom stereocenters. The van der Waals surface area contributed by atoms with Gasteiger partial charge in [-0.1, -0.05) is 23.2 Å². The minimum atomic E-state index is -3.97. The van der Waals surface area contributed by atoms with Gasteiger partial charge in [0.1, 0.15) is 0 Å². The summed E-state index contributed by atoms with van der Waals surface area (Å²) in [7, 11) is -3.97. The zero-order valence-electron chi connectivity index (χ0n) is 9.13. The maximum atomic E-state index is 11.9. The van der Waals surface area contributed by atoms with Crippen LogP contribution < -0.4 is 4.18 Å². The van der Waals surface area contributed by atoms with E-state index in [2.05, 4.69) is 0 Å². The van der Waals surface area contributed by atoms with Gasteiger partial charge in [-0.2, -0.15) is 13.7 Å². The van der Waals surface area contributed by atoms with E-state index in [-0.39, 0.29) is 15.0 Å². The molecule has 1 aromatic carbocycles. The van der Waals surface area contributed by atoms with Crippen LogP contribution in [0.3, 0.4) is 0 Å². The van der Waals surface area contributed by atoms with E-state index in [0.717, 1.165) is 11.3 Å². The Morgan fingerprint density at radius 1 is 1.21 bits per heavy atom. The number of rotatable bonds is 3. The van der Waals surface area contributed by atoms with Gasteiger partial charge < -0.3 is 4.18 Å². The third-order valence-electron chi connectivity index (χ3n) is 2.06. The van der Waals surface area contributed by atoms with Crippen LogP contribution in [0.5, 0.6) is 5.75 Å². The van der Waals surface area contributed by atoms with E-state index in [9.17, 15) is 8.42 Å². The Kier molecular flexibility index (Phi) is 4.02. The van der Waals surface area contributed by atoms with Crippen LogP contribution in [0.4, 0.5) is 0 Å². The van der Waals surface area contributed by atoms with Gasteiger partial charge in [-0.25, -0.2) is 0 Å². The number of nitriles is 1. The highest BCUT2D eigenvalue weighted by atomic mass is 35.5. The topological polar surface area (TPSA) is 67.2 Å². The standard InChI is InChI=1S/C11H5Cl2NO3S2/c12-8-5-7(6-14)1-2-9(8)17-19(15,16)11-4-3-10(13)18-11/h1-5H. The van der Waals surface area contributed by atoms with Crippen LogP contribution in [-0.4, -0.2) is 8.42 Å². The highest BCUT2D eigenvalue weighted by Gasteiger charge is 2.20. The summed E-state index contributed by atoms with van der Waals surface area (Å²) in [4.78, 5) is 0. The van der Waals surface area contributed by atoms with Gasteiger partial charge in [0.2, 0.25) is 0 Å². The van der Waals surface area contributed by atoms with E-state index in [0.29, 0.717) is 9.90 Å². The van der Waals surface area contributed by atoms with Crippen molar-refractivity contribution in [2.24, 2.45) is 0 Å². The molecule has 0 amide bonds. The summed E-state index contributed by atoms with van der Waals surface area (Å²) in [5.41, 5.74) is 0.314. The molecular formula is C11H5Cl2NO3S2. The molecule has 0 aliphatic rings. The monoisotopic (exact) mass is 333 g/mol. The summed E-state index contributed by atoms with van der Waals surface area (Å²) in [6.45, 7) is 0. The number of benzene rings is 1. The first-order valence-electron chi connectivity index (χ1n) is 4.82. The van der Waals surface area contributed by atoms with Crippen molar-refractivity contribution in [3.05, 3.63) is 45.3 Å². The van der Waals surface area contributed by atoms with Crippen LogP contribution in [0.2, 0.25) is 9.36 Å². The molecule has 2 aromatic rings. The number of thiophene rings is 1. The fourth-order valence-corrected chi connectivity index (χ4v) is 3.89. The Hall–Kier alpha value is -1.26. The molecule has 2 rings (SSSR count). The van der Waals surface area contributed by atoms with Gasteiger partial charge in [-0.15, -0.1) is 11.3 Å². The molecule has 4 nitrogen and oxygen atoms in total. The molecular weight excluding hydrogens is 329 g/mol. The Morgan fingerprint density at radius 3 is 2.47 bits per heavy atom. The quantitative estimate of drug-likeness (QED) is 0.803. The van der Waals surface area contributed by atoms with Gasteiger partial charge in [0, 0.05) is 0 Å². The molecule has 1 heterocycles. The lowest BCUT2D eigenvalue weighted by Crippen LogP contribution is -2.08. The van der Waals surface area contributed by atoms with Crippen LogP contribution in [0, 0.1) is 11.3 Å². The number of hydrogen-bond acceptors (Lipinski definition) is 5. The van der Waals surface area contributed by atoms with Crippen molar-refractivity contribution in [2.45, 2.75) is 4.21 Å². The molecule has 0 atom stereocenters. The minimum Gasteiger partial charge on any atom is -0.377 e. The summed E-state index contributed by atoms with van der Waals surface area (Å²) < 4.78 is 29.1. The fourth-order valence-electron chi connectivity index (χ4n) is 1.23. The van der Waals surface area contributed by atoms with Gasteiger partial charge in [0.05, 0.1) is 21.0 Å². The smallest absolute Gasteiger partial charge is 0.348 e. The molecule has 0 saturated carbocycles. The average molecular weight is 334 g/mol. The van der Waals surface area contributed by atoms with Gasteiger partial charge in [0.25, 0.3) is 0 Å². The molecule has 0 N–H and O–H groups in total. The zero-order chi connectivity index (χ0) is 14.0. The average Bonchev–Trinajstić information content (AvgIpc) is 2.79. The lowest BCUT2D eigenvalue weighted by molar-refractivity contribution is 0.488. The number of halogens is 2. The molecule has 8 heteroatoms. The number of hydrogen-bond donors (Lipinski definition) is 0. The lowest BCUT2D eigenvalue weighted by atomic mass is 10.2. The molecule has 0 bridgehead atoms. The van der Waals surface area contributed by atoms with E-state index >= 15 is 0 Å². The van der Waals surface area contributed by atoms with E-state index in [1.807, 2.05) is 6.07 Å². The first kappa shape index (κ1) is 14.2. The maximum absolute atomic E-state index is 11.9. The Balaban J connectivity index is 2.34. The predicted molar refractivity (Wildman–Crippen MR) is 73.3 cm³/mol. The van der Waals surface area contributed by atoms with Crippen LogP contribution in [-0.2, 0) is 10.1 Å². The molecule has 0 saturated heterocycles. The largest absolute Gasteiger partial charge is 0.377 e. The molecule has 0 aliphatic carbocycles. The van der Waals surface area contributed by atoms with Crippen LogP contribution >= 0.6 is 34.5 Å². The van der Waals surface area contributed by atoms with Gasteiger partial charge in [-0.3, -0.25) is 0 Å². The Bertz CT molecular complexity index is 762. The number of nitrogens with zero attached hydrogens (tertiary/aromatic N) is 1. The summed E-state index contributed by atoms with van der Waals surface area (Å²) in [6, 6.07) is 8.77. The van der Waals surface area contributed by atoms with Gasteiger partial charge in [0.15, 0.2) is 9.96 Å². The molecule has 0 spiro atoms. The van der Waals surface area contributed by atoms with Gasteiger partial charge in [-0.05, 0) is 30.3 Å². The van der Waals surface area contributed by atoms with Crippen molar-refractivity contribution in [3.63, 3.8) is 0 Å². The van der Waals surface area contributed by atoms with E-state index in [1.54, 1.807) is 0 Å². The van der Waals surface area contributed by atoms with Crippen LogP contribution in [0.1, 0.15) is 5.56 Å². The van der Waals surface area contributed by atoms with E-state index in [4.69, 9.17) is 32.6 Å². The van der Waals surface area contributed by atoms with E-state index in [1.165, 1.54) is 30.3 Å². The van der Waals surface area contributed by atoms with Crippen molar-refractivity contribution in [1.82, 2.24) is 0 Å². The first-order chi connectivity index (χ1) is 8.92. The Morgan fingerprint density at radius 2 is 1.95 bits per heavy atom. The summed E-state index contributed by atoms with van der Waals surface area (Å²) in [5.74, 6) is -0.0369. The van der Waals surface area contributed by atoms with Crippen LogP contribution in [0.25, 0.3) is 0 Å². The summed E-state index contributed by atoms with van der Waals surface area (Å²) in [6.07, 6.45) is 0. The van der Waals surface area contributed by atoms with Crippen molar-refractivity contribution < 1.29 is 12.6 Å². The van der Waals surface area contributed by atoms with Crippen molar-refractivity contribution in [3.8, 4) is 11.8 Å². The zero-order valence-corrected chi connectivity index (χ0v) is 12.3. The second-order valence-electron chi connectivity index (χ2n) is 3.35. The third kappa shape index (κ3) is 3.19. The molecule has 0 radical (unpaired) electrons. The Labute approximate surface area is 123 Å². The van der Waals surface area contributed by atoms with Crippen molar-refractivity contribution in [2.75, 3.05) is 0 Å². The summed E-state index contributed by atoms with van der Waals surface area (Å²) >= 11 is 12.4. The first-order valence-corrected chi connectivity index (χ1v) is 7.80. The van der Waals surface area contributed by atoms with Gasteiger partial charge >= 0.3 is 10.1 Å². The lowest BCUT2D eigenvalue weighted by Gasteiger charge is -2.06. The van der Waals surface area contributed by atoms with E-state index < -0.39 is 10.1 Å². The molecule has 0 aliphatic heterocycles. The minimum absolute atomic E-state index is 0.0158. The maximum Gasteiger partial charge on any atom is 0.348 e. The van der Waals surface area contributed by atoms with Crippen molar-refractivity contribution in [1.29, 1.82) is 5.26 Å². The SMILES string of the molecule is N#Cc1ccc(OS(=O)(=O)c2ccc(Cl)s2)c(Cl)c1. The predicted octanol–water partition coefficient (Wildman–Crippen LogP) is 3.69. The van der Waals surface area contributed by atoms with Crippen LogP contribution in [0.15, 0.2) is 34.5 Å². The van der Waals surface area contributed by atoms with Crippen molar-refractivity contribution >= 4 is 44.7 Å². The molecule has 98 valence electrons. The highest BCUT2D eigenvalue weighted by Crippen LogP contribution is 2.31. The third-order valence-corrected chi connectivity index (χ3v) is 5.27. The fraction of sp³-hybridized carbons (Fsp3) is 0. The molecule has 19 heavy (non-hydrogen) atoms. The molecule has 0 fully saturated rings.